The minimum atomic E-state index is -1.19. The van der Waals surface area contributed by atoms with Gasteiger partial charge in [0.25, 0.3) is 0 Å². The number of amides is 1. The van der Waals surface area contributed by atoms with Gasteiger partial charge in [0.15, 0.2) is 0 Å². The zero-order valence-electron chi connectivity index (χ0n) is 10.2. The SMILES string of the molecule is NC(=O)C(O)CNCc1cnn(-c2ccccc2)n1. The van der Waals surface area contributed by atoms with Crippen LogP contribution < -0.4 is 11.1 Å². The molecule has 1 amide bonds. The average Bonchev–Trinajstić information content (AvgIpc) is 2.88. The summed E-state index contributed by atoms with van der Waals surface area (Å²) in [6, 6.07) is 9.52. The highest BCUT2D eigenvalue weighted by Gasteiger charge is 2.10. The van der Waals surface area contributed by atoms with Crippen molar-refractivity contribution in [2.24, 2.45) is 5.73 Å². The molecule has 0 fully saturated rings. The number of aliphatic hydroxyl groups excluding tert-OH is 1. The highest BCUT2D eigenvalue weighted by molar-refractivity contribution is 5.78. The molecule has 1 heterocycles. The number of aromatic nitrogens is 3. The molecule has 2 rings (SSSR count). The van der Waals surface area contributed by atoms with E-state index in [2.05, 4.69) is 15.5 Å². The number of rotatable bonds is 6. The van der Waals surface area contributed by atoms with Crippen LogP contribution in [0.25, 0.3) is 5.69 Å². The fraction of sp³-hybridized carbons (Fsp3) is 0.250. The first-order valence-electron chi connectivity index (χ1n) is 5.81. The Labute approximate surface area is 110 Å². The van der Waals surface area contributed by atoms with Crippen LogP contribution in [0.4, 0.5) is 0 Å². The number of benzene rings is 1. The van der Waals surface area contributed by atoms with Crippen LogP contribution in [-0.2, 0) is 11.3 Å². The summed E-state index contributed by atoms with van der Waals surface area (Å²) < 4.78 is 0. The van der Waals surface area contributed by atoms with Gasteiger partial charge in [-0.2, -0.15) is 15.0 Å². The van der Waals surface area contributed by atoms with Gasteiger partial charge in [0, 0.05) is 13.1 Å². The molecule has 7 heteroatoms. The van der Waals surface area contributed by atoms with Gasteiger partial charge in [-0.1, -0.05) is 18.2 Å². The van der Waals surface area contributed by atoms with Gasteiger partial charge < -0.3 is 16.2 Å². The molecule has 1 atom stereocenters. The summed E-state index contributed by atoms with van der Waals surface area (Å²) in [6.45, 7) is 0.491. The molecule has 0 aliphatic rings. The molecule has 100 valence electrons. The lowest BCUT2D eigenvalue weighted by Gasteiger charge is -2.06. The van der Waals surface area contributed by atoms with Gasteiger partial charge in [-0.3, -0.25) is 4.79 Å². The van der Waals surface area contributed by atoms with Gasteiger partial charge in [0.2, 0.25) is 5.91 Å². The maximum absolute atomic E-state index is 10.6. The molecule has 0 spiro atoms. The highest BCUT2D eigenvalue weighted by Crippen LogP contribution is 2.03. The maximum Gasteiger partial charge on any atom is 0.247 e. The zero-order valence-corrected chi connectivity index (χ0v) is 10.2. The minimum absolute atomic E-state index is 0.0908. The standard InChI is InChI=1S/C12H15N5O2/c13-12(19)11(18)8-14-6-9-7-15-17(16-9)10-4-2-1-3-5-10/h1-5,7,11,14,18H,6,8H2,(H2,13,19). The second-order valence-electron chi connectivity index (χ2n) is 4.01. The predicted octanol–water partition coefficient (Wildman–Crippen LogP) is -0.797. The first-order valence-corrected chi connectivity index (χ1v) is 5.81. The van der Waals surface area contributed by atoms with Gasteiger partial charge in [-0.05, 0) is 12.1 Å². The lowest BCUT2D eigenvalue weighted by Crippen LogP contribution is -2.37. The Morgan fingerprint density at radius 2 is 2.16 bits per heavy atom. The molecule has 7 nitrogen and oxygen atoms in total. The lowest BCUT2D eigenvalue weighted by molar-refractivity contribution is -0.125. The van der Waals surface area contributed by atoms with Crippen molar-refractivity contribution in [2.75, 3.05) is 6.54 Å². The number of para-hydroxylation sites is 1. The van der Waals surface area contributed by atoms with Crippen LogP contribution in [-0.4, -0.2) is 38.7 Å². The Kier molecular flexibility index (Phi) is 4.22. The van der Waals surface area contributed by atoms with Crippen molar-refractivity contribution >= 4 is 5.91 Å². The summed E-state index contributed by atoms with van der Waals surface area (Å²) in [5.41, 5.74) is 6.51. The maximum atomic E-state index is 10.6. The van der Waals surface area contributed by atoms with Gasteiger partial charge in [0.1, 0.15) is 6.10 Å². The van der Waals surface area contributed by atoms with E-state index in [9.17, 15) is 9.90 Å². The summed E-state index contributed by atoms with van der Waals surface area (Å²) in [5.74, 6) is -0.750. The molecule has 0 aliphatic carbocycles. The van der Waals surface area contributed by atoms with Gasteiger partial charge in [0.05, 0.1) is 17.6 Å². The molecule has 0 saturated heterocycles. The largest absolute Gasteiger partial charge is 0.382 e. The molecule has 2 aromatic rings. The minimum Gasteiger partial charge on any atom is -0.382 e. The van der Waals surface area contributed by atoms with Crippen molar-refractivity contribution in [1.29, 1.82) is 0 Å². The molecule has 1 unspecified atom stereocenters. The van der Waals surface area contributed by atoms with Crippen LogP contribution in [0.5, 0.6) is 0 Å². The van der Waals surface area contributed by atoms with Crippen molar-refractivity contribution in [3.8, 4) is 5.69 Å². The highest BCUT2D eigenvalue weighted by atomic mass is 16.3. The second kappa shape index (κ2) is 6.07. The quantitative estimate of drug-likeness (QED) is 0.631. The normalized spacial score (nSPS) is 12.3. The van der Waals surface area contributed by atoms with Gasteiger partial charge >= 0.3 is 0 Å². The Morgan fingerprint density at radius 3 is 2.84 bits per heavy atom. The predicted molar refractivity (Wildman–Crippen MR) is 68.3 cm³/mol. The van der Waals surface area contributed by atoms with Crippen LogP contribution >= 0.6 is 0 Å². The van der Waals surface area contributed by atoms with Gasteiger partial charge in [-0.25, -0.2) is 0 Å². The average molecular weight is 261 g/mol. The van der Waals surface area contributed by atoms with Crippen LogP contribution in [0.3, 0.4) is 0 Å². The molecule has 1 aromatic heterocycles. The van der Waals surface area contributed by atoms with E-state index in [4.69, 9.17) is 5.73 Å². The van der Waals surface area contributed by atoms with E-state index in [1.807, 2.05) is 30.3 Å². The topological polar surface area (TPSA) is 106 Å². The Balaban J connectivity index is 1.90. The molecule has 0 radical (unpaired) electrons. The number of aliphatic hydroxyl groups is 1. The van der Waals surface area contributed by atoms with Crippen LogP contribution in [0, 0.1) is 0 Å². The van der Waals surface area contributed by atoms with E-state index in [1.54, 1.807) is 6.20 Å². The van der Waals surface area contributed by atoms with Crippen LogP contribution in [0.2, 0.25) is 0 Å². The molecule has 19 heavy (non-hydrogen) atoms. The zero-order chi connectivity index (χ0) is 13.7. The first kappa shape index (κ1) is 13.2. The fourth-order valence-corrected chi connectivity index (χ4v) is 1.50. The van der Waals surface area contributed by atoms with Crippen molar-refractivity contribution in [1.82, 2.24) is 20.3 Å². The number of hydrogen-bond donors (Lipinski definition) is 3. The monoisotopic (exact) mass is 261 g/mol. The third-order valence-electron chi connectivity index (χ3n) is 2.50. The first-order chi connectivity index (χ1) is 9.16. The lowest BCUT2D eigenvalue weighted by atomic mass is 10.3. The van der Waals surface area contributed by atoms with Crippen LogP contribution in [0.1, 0.15) is 5.69 Å². The van der Waals surface area contributed by atoms with E-state index >= 15 is 0 Å². The molecule has 4 N–H and O–H groups in total. The van der Waals surface area contributed by atoms with Crippen LogP contribution in [0.15, 0.2) is 36.5 Å². The number of carbonyl (C=O) groups is 1. The number of nitrogens with one attached hydrogen (secondary N) is 1. The number of hydrogen-bond acceptors (Lipinski definition) is 5. The van der Waals surface area contributed by atoms with Crippen molar-refractivity contribution < 1.29 is 9.90 Å². The smallest absolute Gasteiger partial charge is 0.247 e. The van der Waals surface area contributed by atoms with E-state index < -0.39 is 12.0 Å². The van der Waals surface area contributed by atoms with Gasteiger partial charge in [-0.15, -0.1) is 0 Å². The summed E-state index contributed by atoms with van der Waals surface area (Å²) in [7, 11) is 0. The van der Waals surface area contributed by atoms with Crippen molar-refractivity contribution in [3.05, 3.63) is 42.2 Å². The fourth-order valence-electron chi connectivity index (χ4n) is 1.50. The molecule has 0 aliphatic heterocycles. The summed E-state index contributed by atoms with van der Waals surface area (Å²) >= 11 is 0. The molecule has 0 bridgehead atoms. The van der Waals surface area contributed by atoms with E-state index in [1.165, 1.54) is 4.80 Å². The number of carbonyl (C=O) groups excluding carboxylic acids is 1. The number of nitrogens with zero attached hydrogens (tertiary/aromatic N) is 3. The second-order valence-corrected chi connectivity index (χ2v) is 4.01. The van der Waals surface area contributed by atoms with E-state index in [0.717, 1.165) is 5.69 Å². The van der Waals surface area contributed by atoms with Crippen molar-refractivity contribution in [2.45, 2.75) is 12.6 Å². The molecular weight excluding hydrogens is 246 g/mol. The Hall–Kier alpha value is -2.25. The van der Waals surface area contributed by atoms with E-state index in [-0.39, 0.29) is 6.54 Å². The summed E-state index contributed by atoms with van der Waals surface area (Å²) in [5, 5.41) is 20.5. The molecular formula is C12H15N5O2. The van der Waals surface area contributed by atoms with E-state index in [0.29, 0.717) is 12.2 Å². The number of primary amides is 1. The molecule has 1 aromatic carbocycles. The Morgan fingerprint density at radius 1 is 1.42 bits per heavy atom. The van der Waals surface area contributed by atoms with Crippen molar-refractivity contribution in [3.63, 3.8) is 0 Å². The Bertz CT molecular complexity index is 540. The third kappa shape index (κ3) is 3.60. The summed E-state index contributed by atoms with van der Waals surface area (Å²) in [6.07, 6.45) is 0.431. The molecule has 0 saturated carbocycles. The third-order valence-corrected chi connectivity index (χ3v) is 2.50. The number of nitrogens with two attached hydrogens (primary N) is 1. The summed E-state index contributed by atoms with van der Waals surface area (Å²) in [4.78, 5) is 12.1.